The smallest absolute Gasteiger partial charge is 0.358 e. The van der Waals surface area contributed by atoms with Crippen LogP contribution in [0.2, 0.25) is 0 Å². The fourth-order valence-corrected chi connectivity index (χ4v) is 1.74. The monoisotopic (exact) mass is 259 g/mol. The Balaban J connectivity index is 2.59. The van der Waals surface area contributed by atoms with Crippen LogP contribution in [0.1, 0.15) is 31.3 Å². The summed E-state index contributed by atoms with van der Waals surface area (Å²) in [4.78, 5) is 11.3. The first-order valence-electron chi connectivity index (χ1n) is 6.26. The molecule has 2 N–H and O–H groups in total. The number of anilines is 1. The zero-order valence-corrected chi connectivity index (χ0v) is 11.2. The molecule has 100 valence electrons. The number of nitrogens with one attached hydrogen (secondary N) is 1. The Hall–Kier alpha value is -2.17. The first-order valence-corrected chi connectivity index (χ1v) is 6.26. The van der Waals surface area contributed by atoms with Crippen LogP contribution >= 0.6 is 0 Å². The average molecular weight is 259 g/mol. The summed E-state index contributed by atoms with van der Waals surface area (Å²) in [5, 5.41) is 21.0. The van der Waals surface area contributed by atoms with Gasteiger partial charge in [-0.05, 0) is 18.9 Å². The van der Waals surface area contributed by atoms with Gasteiger partial charge >= 0.3 is 5.97 Å². The van der Waals surface area contributed by atoms with Crippen molar-refractivity contribution in [3.63, 3.8) is 0 Å². The molecule has 0 fully saturated rings. The number of carboxylic acids is 1. The number of hydrogen-bond acceptors (Lipinski definition) is 4. The van der Waals surface area contributed by atoms with Gasteiger partial charge in [0, 0.05) is 11.4 Å². The molecule has 2 rings (SSSR count). The van der Waals surface area contributed by atoms with Gasteiger partial charge in [0.15, 0.2) is 5.69 Å². The SMILES string of the molecule is CC(C)C(C)Nc1c(C(=O)O)nnc2ccccc12. The van der Waals surface area contributed by atoms with E-state index in [2.05, 4.69) is 29.4 Å². The summed E-state index contributed by atoms with van der Waals surface area (Å²) in [6, 6.07) is 7.53. The van der Waals surface area contributed by atoms with Gasteiger partial charge in [0.25, 0.3) is 0 Å². The highest BCUT2D eigenvalue weighted by Gasteiger charge is 2.18. The van der Waals surface area contributed by atoms with Crippen molar-refractivity contribution in [2.75, 3.05) is 5.32 Å². The summed E-state index contributed by atoms with van der Waals surface area (Å²) in [6.45, 7) is 6.18. The Kier molecular flexibility index (Phi) is 3.64. The standard InChI is InChI=1S/C14H17N3O2/c1-8(2)9(3)15-12-10-6-4-5-7-11(10)16-17-13(12)14(18)19/h4-9H,1-3H3,(H,15,16)(H,18,19). The maximum absolute atomic E-state index is 11.3. The van der Waals surface area contributed by atoms with Gasteiger partial charge in [-0.25, -0.2) is 4.79 Å². The van der Waals surface area contributed by atoms with Gasteiger partial charge in [-0.15, -0.1) is 10.2 Å². The van der Waals surface area contributed by atoms with Crippen molar-refractivity contribution in [3.8, 4) is 0 Å². The lowest BCUT2D eigenvalue weighted by atomic mass is 10.0. The molecular formula is C14H17N3O2. The van der Waals surface area contributed by atoms with Gasteiger partial charge in [0.1, 0.15) is 0 Å². The van der Waals surface area contributed by atoms with Crippen molar-refractivity contribution in [2.24, 2.45) is 5.92 Å². The molecule has 1 heterocycles. The molecule has 0 saturated carbocycles. The lowest BCUT2D eigenvalue weighted by Crippen LogP contribution is -2.23. The molecule has 0 radical (unpaired) electrons. The van der Waals surface area contributed by atoms with Crippen LogP contribution in [-0.2, 0) is 0 Å². The first-order chi connectivity index (χ1) is 9.00. The Morgan fingerprint density at radius 1 is 1.21 bits per heavy atom. The summed E-state index contributed by atoms with van der Waals surface area (Å²) in [7, 11) is 0. The van der Waals surface area contributed by atoms with Crippen LogP contribution in [0.25, 0.3) is 10.9 Å². The number of carboxylic acid groups (broad SMARTS) is 1. The molecule has 1 atom stereocenters. The van der Waals surface area contributed by atoms with Crippen molar-refractivity contribution in [2.45, 2.75) is 26.8 Å². The second kappa shape index (κ2) is 5.22. The molecule has 5 heteroatoms. The van der Waals surface area contributed by atoms with Gasteiger partial charge in [0.05, 0.1) is 11.2 Å². The summed E-state index contributed by atoms with van der Waals surface area (Å²) in [6.07, 6.45) is 0. The zero-order valence-electron chi connectivity index (χ0n) is 11.2. The zero-order chi connectivity index (χ0) is 14.0. The number of carbonyl (C=O) groups is 1. The van der Waals surface area contributed by atoms with E-state index >= 15 is 0 Å². The molecule has 2 aromatic rings. The maximum atomic E-state index is 11.3. The van der Waals surface area contributed by atoms with E-state index < -0.39 is 5.97 Å². The molecule has 0 bridgehead atoms. The van der Waals surface area contributed by atoms with E-state index in [4.69, 9.17) is 0 Å². The quantitative estimate of drug-likeness (QED) is 0.883. The molecule has 0 amide bonds. The molecule has 1 aromatic carbocycles. The molecule has 0 saturated heterocycles. The molecule has 0 aliphatic rings. The molecule has 0 aliphatic heterocycles. The summed E-state index contributed by atoms with van der Waals surface area (Å²) >= 11 is 0. The molecule has 0 aliphatic carbocycles. The Morgan fingerprint density at radius 2 is 1.89 bits per heavy atom. The van der Waals surface area contributed by atoms with Crippen molar-refractivity contribution >= 4 is 22.6 Å². The number of fused-ring (bicyclic) bond motifs is 1. The highest BCUT2D eigenvalue weighted by atomic mass is 16.4. The van der Waals surface area contributed by atoms with E-state index in [1.807, 2.05) is 31.2 Å². The number of aromatic nitrogens is 2. The van der Waals surface area contributed by atoms with E-state index in [1.54, 1.807) is 0 Å². The minimum atomic E-state index is -1.07. The van der Waals surface area contributed by atoms with Crippen LogP contribution in [0.15, 0.2) is 24.3 Å². The van der Waals surface area contributed by atoms with Crippen LogP contribution < -0.4 is 5.32 Å². The normalized spacial score (nSPS) is 12.6. The van der Waals surface area contributed by atoms with E-state index in [1.165, 1.54) is 0 Å². The van der Waals surface area contributed by atoms with Gasteiger partial charge in [-0.3, -0.25) is 0 Å². The number of hydrogen-bond donors (Lipinski definition) is 2. The fraction of sp³-hybridized carbons (Fsp3) is 0.357. The number of benzene rings is 1. The van der Waals surface area contributed by atoms with Crippen molar-refractivity contribution in [3.05, 3.63) is 30.0 Å². The minimum Gasteiger partial charge on any atom is -0.476 e. The third-order valence-electron chi connectivity index (χ3n) is 3.24. The highest BCUT2D eigenvalue weighted by molar-refractivity contribution is 6.02. The molecular weight excluding hydrogens is 242 g/mol. The second-order valence-electron chi connectivity index (χ2n) is 4.92. The van der Waals surface area contributed by atoms with Gasteiger partial charge in [-0.2, -0.15) is 0 Å². The number of aromatic carboxylic acids is 1. The molecule has 1 unspecified atom stereocenters. The highest BCUT2D eigenvalue weighted by Crippen LogP contribution is 2.25. The predicted molar refractivity (Wildman–Crippen MR) is 74.4 cm³/mol. The summed E-state index contributed by atoms with van der Waals surface area (Å²) in [5.74, 6) is -0.690. The van der Waals surface area contributed by atoms with Gasteiger partial charge in [-0.1, -0.05) is 32.0 Å². The van der Waals surface area contributed by atoms with Crippen molar-refractivity contribution < 1.29 is 9.90 Å². The molecule has 0 spiro atoms. The van der Waals surface area contributed by atoms with Gasteiger partial charge in [0.2, 0.25) is 0 Å². The minimum absolute atomic E-state index is 0.0359. The molecule has 1 aromatic heterocycles. The van der Waals surface area contributed by atoms with Crippen LogP contribution in [0.4, 0.5) is 5.69 Å². The third kappa shape index (κ3) is 2.65. The second-order valence-corrected chi connectivity index (χ2v) is 4.92. The number of nitrogens with zero attached hydrogens (tertiary/aromatic N) is 2. The lowest BCUT2D eigenvalue weighted by molar-refractivity contribution is 0.0690. The summed E-state index contributed by atoms with van der Waals surface area (Å²) in [5.41, 5.74) is 1.19. The lowest BCUT2D eigenvalue weighted by Gasteiger charge is -2.20. The summed E-state index contributed by atoms with van der Waals surface area (Å²) < 4.78 is 0. The predicted octanol–water partition coefficient (Wildman–Crippen LogP) is 2.78. The Morgan fingerprint density at radius 3 is 2.53 bits per heavy atom. The largest absolute Gasteiger partial charge is 0.476 e. The maximum Gasteiger partial charge on any atom is 0.358 e. The van der Waals surface area contributed by atoms with E-state index in [-0.39, 0.29) is 11.7 Å². The van der Waals surface area contributed by atoms with Crippen molar-refractivity contribution in [1.82, 2.24) is 10.2 Å². The van der Waals surface area contributed by atoms with Crippen LogP contribution in [0, 0.1) is 5.92 Å². The third-order valence-corrected chi connectivity index (χ3v) is 3.24. The van der Waals surface area contributed by atoms with Crippen LogP contribution in [0.5, 0.6) is 0 Å². The van der Waals surface area contributed by atoms with Gasteiger partial charge < -0.3 is 10.4 Å². The van der Waals surface area contributed by atoms with E-state index in [0.717, 1.165) is 5.39 Å². The van der Waals surface area contributed by atoms with Crippen molar-refractivity contribution in [1.29, 1.82) is 0 Å². The Bertz CT molecular complexity index is 611. The molecule has 19 heavy (non-hydrogen) atoms. The average Bonchev–Trinajstić information content (AvgIpc) is 2.38. The van der Waals surface area contributed by atoms with Crippen LogP contribution in [0.3, 0.4) is 0 Å². The fourth-order valence-electron chi connectivity index (χ4n) is 1.74. The topological polar surface area (TPSA) is 75.1 Å². The van der Waals surface area contributed by atoms with E-state index in [0.29, 0.717) is 17.1 Å². The Labute approximate surface area is 111 Å². The van der Waals surface area contributed by atoms with E-state index in [9.17, 15) is 9.90 Å². The molecule has 5 nitrogen and oxygen atoms in total. The van der Waals surface area contributed by atoms with Crippen LogP contribution in [-0.4, -0.2) is 27.3 Å². The first kappa shape index (κ1) is 13.3. The number of rotatable bonds is 4.